The van der Waals surface area contributed by atoms with Gasteiger partial charge in [-0.15, -0.1) is 0 Å². The summed E-state index contributed by atoms with van der Waals surface area (Å²) in [5.74, 6) is 1.16. The van der Waals surface area contributed by atoms with Crippen LogP contribution in [0.2, 0.25) is 0 Å². The van der Waals surface area contributed by atoms with Crippen molar-refractivity contribution in [2.75, 3.05) is 13.7 Å². The van der Waals surface area contributed by atoms with Crippen molar-refractivity contribution in [1.82, 2.24) is 5.32 Å². The zero-order valence-corrected chi connectivity index (χ0v) is 13.2. The number of ether oxygens (including phenoxy) is 2. The minimum absolute atomic E-state index is 0.0300. The standard InChI is InChI=1S/C16H16BrNO3/c1-20-13-7-8-15(14(17)9-13)21-11-16(19)18-10-12-5-3-2-4-6-12/h2-9H,10-11H2,1H3,(H,18,19). The van der Waals surface area contributed by atoms with Crippen LogP contribution in [0.15, 0.2) is 53.0 Å². The first kappa shape index (κ1) is 15.4. The van der Waals surface area contributed by atoms with Gasteiger partial charge in [-0.05, 0) is 39.7 Å². The van der Waals surface area contributed by atoms with Gasteiger partial charge in [-0.2, -0.15) is 0 Å². The summed E-state index contributed by atoms with van der Waals surface area (Å²) in [5, 5.41) is 2.81. The molecule has 2 aromatic carbocycles. The van der Waals surface area contributed by atoms with E-state index in [4.69, 9.17) is 9.47 Å². The lowest BCUT2D eigenvalue weighted by atomic mass is 10.2. The van der Waals surface area contributed by atoms with E-state index in [1.807, 2.05) is 30.3 Å². The minimum Gasteiger partial charge on any atom is -0.497 e. The normalized spacial score (nSPS) is 10.0. The van der Waals surface area contributed by atoms with Crippen molar-refractivity contribution in [1.29, 1.82) is 0 Å². The number of carbonyl (C=O) groups is 1. The highest BCUT2D eigenvalue weighted by molar-refractivity contribution is 9.10. The number of hydrogen-bond donors (Lipinski definition) is 1. The SMILES string of the molecule is COc1ccc(OCC(=O)NCc2ccccc2)c(Br)c1. The average Bonchev–Trinajstić information content (AvgIpc) is 2.52. The molecular weight excluding hydrogens is 334 g/mol. The Labute approximate surface area is 132 Å². The average molecular weight is 350 g/mol. The highest BCUT2D eigenvalue weighted by Crippen LogP contribution is 2.28. The van der Waals surface area contributed by atoms with Crippen molar-refractivity contribution in [3.05, 3.63) is 58.6 Å². The molecule has 0 saturated carbocycles. The molecule has 5 heteroatoms. The molecule has 1 N–H and O–H groups in total. The highest BCUT2D eigenvalue weighted by atomic mass is 79.9. The van der Waals surface area contributed by atoms with Crippen LogP contribution >= 0.6 is 15.9 Å². The Morgan fingerprint density at radius 1 is 1.19 bits per heavy atom. The quantitative estimate of drug-likeness (QED) is 0.871. The van der Waals surface area contributed by atoms with Crippen molar-refractivity contribution in [3.8, 4) is 11.5 Å². The second-order valence-electron chi connectivity index (χ2n) is 4.35. The van der Waals surface area contributed by atoms with Crippen LogP contribution in [0.25, 0.3) is 0 Å². The first-order chi connectivity index (χ1) is 10.2. The number of nitrogens with one attached hydrogen (secondary N) is 1. The van der Waals surface area contributed by atoms with Gasteiger partial charge in [0.05, 0.1) is 11.6 Å². The number of halogens is 1. The smallest absolute Gasteiger partial charge is 0.258 e. The van der Waals surface area contributed by atoms with Gasteiger partial charge in [-0.3, -0.25) is 4.79 Å². The molecule has 0 fully saturated rings. The third-order valence-corrected chi connectivity index (χ3v) is 3.45. The fourth-order valence-corrected chi connectivity index (χ4v) is 2.19. The molecule has 0 atom stereocenters. The minimum atomic E-state index is -0.165. The summed E-state index contributed by atoms with van der Waals surface area (Å²) in [6.07, 6.45) is 0. The number of amides is 1. The van der Waals surface area contributed by atoms with E-state index in [0.717, 1.165) is 15.8 Å². The zero-order valence-electron chi connectivity index (χ0n) is 11.6. The predicted molar refractivity (Wildman–Crippen MR) is 84.5 cm³/mol. The summed E-state index contributed by atoms with van der Waals surface area (Å²) in [7, 11) is 1.60. The van der Waals surface area contributed by atoms with Crippen LogP contribution in [0, 0.1) is 0 Å². The fraction of sp³-hybridized carbons (Fsp3) is 0.188. The molecule has 0 aliphatic rings. The molecule has 4 nitrogen and oxygen atoms in total. The van der Waals surface area contributed by atoms with Crippen molar-refractivity contribution < 1.29 is 14.3 Å². The van der Waals surface area contributed by atoms with E-state index < -0.39 is 0 Å². The molecule has 2 aromatic rings. The second kappa shape index (κ2) is 7.69. The predicted octanol–water partition coefficient (Wildman–Crippen LogP) is 3.15. The summed E-state index contributed by atoms with van der Waals surface area (Å²) in [5.41, 5.74) is 1.05. The van der Waals surface area contributed by atoms with Gasteiger partial charge in [0.15, 0.2) is 6.61 Å². The van der Waals surface area contributed by atoms with Crippen molar-refractivity contribution in [2.45, 2.75) is 6.54 Å². The summed E-state index contributed by atoms with van der Waals surface area (Å²) in [4.78, 5) is 11.7. The number of hydrogen-bond acceptors (Lipinski definition) is 3. The van der Waals surface area contributed by atoms with Crippen LogP contribution < -0.4 is 14.8 Å². The third-order valence-electron chi connectivity index (χ3n) is 2.83. The molecule has 110 valence electrons. The summed E-state index contributed by atoms with van der Waals surface area (Å²) < 4.78 is 11.3. The van der Waals surface area contributed by atoms with Gasteiger partial charge in [0, 0.05) is 6.54 Å². The Morgan fingerprint density at radius 3 is 2.62 bits per heavy atom. The van der Waals surface area contributed by atoms with Gasteiger partial charge in [0.2, 0.25) is 0 Å². The van der Waals surface area contributed by atoms with E-state index in [1.165, 1.54) is 0 Å². The number of methoxy groups -OCH3 is 1. The molecule has 0 heterocycles. The van der Waals surface area contributed by atoms with Crippen molar-refractivity contribution >= 4 is 21.8 Å². The largest absolute Gasteiger partial charge is 0.497 e. The second-order valence-corrected chi connectivity index (χ2v) is 5.20. The van der Waals surface area contributed by atoms with Gasteiger partial charge in [0.1, 0.15) is 11.5 Å². The summed E-state index contributed by atoms with van der Waals surface area (Å²) in [6.45, 7) is 0.463. The van der Waals surface area contributed by atoms with Crippen LogP contribution in [0.4, 0.5) is 0 Å². The zero-order chi connectivity index (χ0) is 15.1. The van der Waals surface area contributed by atoms with Crippen LogP contribution in [0.1, 0.15) is 5.56 Å². The van der Waals surface area contributed by atoms with Crippen LogP contribution in [0.5, 0.6) is 11.5 Å². The first-order valence-electron chi connectivity index (χ1n) is 6.46. The lowest BCUT2D eigenvalue weighted by molar-refractivity contribution is -0.123. The van der Waals surface area contributed by atoms with E-state index in [0.29, 0.717) is 12.3 Å². The Morgan fingerprint density at radius 2 is 1.95 bits per heavy atom. The maximum atomic E-state index is 11.7. The van der Waals surface area contributed by atoms with Gasteiger partial charge < -0.3 is 14.8 Å². The molecule has 0 radical (unpaired) electrons. The first-order valence-corrected chi connectivity index (χ1v) is 7.25. The van der Waals surface area contributed by atoms with Crippen LogP contribution in [-0.4, -0.2) is 19.6 Å². The topological polar surface area (TPSA) is 47.6 Å². The number of rotatable bonds is 6. The van der Waals surface area contributed by atoms with Crippen molar-refractivity contribution in [3.63, 3.8) is 0 Å². The Hall–Kier alpha value is -2.01. The molecule has 21 heavy (non-hydrogen) atoms. The van der Waals surface area contributed by atoms with E-state index in [1.54, 1.807) is 25.3 Å². The van der Waals surface area contributed by atoms with Gasteiger partial charge in [0.25, 0.3) is 5.91 Å². The molecular formula is C16H16BrNO3. The molecule has 1 amide bonds. The Kier molecular flexibility index (Phi) is 5.63. The fourth-order valence-electron chi connectivity index (χ4n) is 1.72. The molecule has 2 rings (SSSR count). The maximum Gasteiger partial charge on any atom is 0.258 e. The highest BCUT2D eigenvalue weighted by Gasteiger charge is 2.06. The Bertz CT molecular complexity index is 602. The summed E-state index contributed by atoms with van der Waals surface area (Å²) in [6, 6.07) is 15.1. The van der Waals surface area contributed by atoms with Gasteiger partial charge in [-0.25, -0.2) is 0 Å². The van der Waals surface area contributed by atoms with Gasteiger partial charge >= 0.3 is 0 Å². The molecule has 0 bridgehead atoms. The molecule has 0 spiro atoms. The molecule has 0 unspecified atom stereocenters. The molecule has 0 aromatic heterocycles. The monoisotopic (exact) mass is 349 g/mol. The van der Waals surface area contributed by atoms with E-state index in [-0.39, 0.29) is 12.5 Å². The van der Waals surface area contributed by atoms with Gasteiger partial charge in [-0.1, -0.05) is 30.3 Å². The van der Waals surface area contributed by atoms with Crippen LogP contribution in [0.3, 0.4) is 0 Å². The Balaban J connectivity index is 1.81. The van der Waals surface area contributed by atoms with E-state index in [2.05, 4.69) is 21.2 Å². The lowest BCUT2D eigenvalue weighted by Crippen LogP contribution is -2.28. The maximum absolute atomic E-state index is 11.7. The van der Waals surface area contributed by atoms with Crippen LogP contribution in [-0.2, 0) is 11.3 Å². The number of benzene rings is 2. The van der Waals surface area contributed by atoms with Crippen molar-refractivity contribution in [2.24, 2.45) is 0 Å². The number of carbonyl (C=O) groups excluding carboxylic acids is 1. The van der Waals surface area contributed by atoms with E-state index >= 15 is 0 Å². The van der Waals surface area contributed by atoms with E-state index in [9.17, 15) is 4.79 Å². The molecule has 0 aliphatic heterocycles. The molecule has 0 saturated heterocycles. The third kappa shape index (κ3) is 4.79. The molecule has 0 aliphatic carbocycles. The lowest BCUT2D eigenvalue weighted by Gasteiger charge is -2.10. The summed E-state index contributed by atoms with van der Waals surface area (Å²) >= 11 is 3.38.